The van der Waals surface area contributed by atoms with Crippen LogP contribution in [-0.2, 0) is 20.9 Å². The third kappa shape index (κ3) is 3.10. The van der Waals surface area contributed by atoms with Crippen LogP contribution < -0.4 is 0 Å². The zero-order chi connectivity index (χ0) is 13.0. The minimum Gasteiger partial charge on any atom is -0.462 e. The zero-order valence-corrected chi connectivity index (χ0v) is 11.0. The van der Waals surface area contributed by atoms with Gasteiger partial charge in [-0.15, -0.1) is 0 Å². The molecule has 1 saturated heterocycles. The normalized spacial score (nSPS) is 27.9. The maximum Gasteiger partial charge on any atom is 0.308 e. The molecule has 3 atom stereocenters. The molecule has 1 fully saturated rings. The predicted octanol–water partition coefficient (Wildman–Crippen LogP) is 2.93. The van der Waals surface area contributed by atoms with Crippen LogP contribution in [0.25, 0.3) is 0 Å². The number of benzene rings is 1. The topological polar surface area (TPSA) is 35.5 Å². The van der Waals surface area contributed by atoms with Crippen molar-refractivity contribution in [2.75, 3.05) is 0 Å². The molecule has 1 heterocycles. The summed E-state index contributed by atoms with van der Waals surface area (Å²) < 4.78 is 11.2. The molecule has 0 aliphatic carbocycles. The third-order valence-electron chi connectivity index (χ3n) is 3.54. The summed E-state index contributed by atoms with van der Waals surface area (Å²) in [6.07, 6.45) is 1.27. The van der Waals surface area contributed by atoms with Crippen molar-refractivity contribution >= 4 is 5.97 Å². The molecule has 2 rings (SSSR count). The van der Waals surface area contributed by atoms with E-state index in [2.05, 4.69) is 6.92 Å². The molecule has 0 spiro atoms. The van der Waals surface area contributed by atoms with Crippen molar-refractivity contribution in [2.45, 2.75) is 45.5 Å². The van der Waals surface area contributed by atoms with Gasteiger partial charge in [-0.05, 0) is 18.9 Å². The molecule has 0 bridgehead atoms. The molecule has 1 aliphatic rings. The molecule has 3 nitrogen and oxygen atoms in total. The molecule has 1 aliphatic heterocycles. The summed E-state index contributed by atoms with van der Waals surface area (Å²) in [5, 5.41) is 0. The lowest BCUT2D eigenvalue weighted by Gasteiger charge is -2.35. The Kier molecular flexibility index (Phi) is 4.37. The number of rotatable bonds is 4. The van der Waals surface area contributed by atoms with E-state index in [0.717, 1.165) is 12.0 Å². The Labute approximate surface area is 108 Å². The van der Waals surface area contributed by atoms with E-state index in [1.165, 1.54) is 0 Å². The molecule has 1 aromatic carbocycles. The van der Waals surface area contributed by atoms with E-state index in [-0.39, 0.29) is 18.2 Å². The number of esters is 1. The van der Waals surface area contributed by atoms with E-state index in [4.69, 9.17) is 9.47 Å². The molecule has 0 aromatic heterocycles. The maximum absolute atomic E-state index is 11.5. The number of ether oxygens (including phenoxy) is 2. The highest BCUT2D eigenvalue weighted by atomic mass is 16.6. The monoisotopic (exact) mass is 248 g/mol. The Morgan fingerprint density at radius 2 is 2.06 bits per heavy atom. The largest absolute Gasteiger partial charge is 0.462 e. The van der Waals surface area contributed by atoms with Crippen LogP contribution in [0.4, 0.5) is 0 Å². The molecule has 0 N–H and O–H groups in total. The quantitative estimate of drug-likeness (QED) is 0.768. The number of hydrogen-bond donors (Lipinski definition) is 0. The van der Waals surface area contributed by atoms with Gasteiger partial charge in [0.25, 0.3) is 0 Å². The van der Waals surface area contributed by atoms with Crippen LogP contribution in [0.3, 0.4) is 0 Å². The number of carbonyl (C=O) groups is 1. The van der Waals surface area contributed by atoms with Crippen molar-refractivity contribution < 1.29 is 14.3 Å². The van der Waals surface area contributed by atoms with Crippen LogP contribution >= 0.6 is 0 Å². The van der Waals surface area contributed by atoms with Gasteiger partial charge in [0.15, 0.2) is 0 Å². The van der Waals surface area contributed by atoms with Crippen molar-refractivity contribution in [3.8, 4) is 0 Å². The molecule has 0 saturated carbocycles. The van der Waals surface area contributed by atoms with Crippen molar-refractivity contribution in [1.82, 2.24) is 0 Å². The second-order valence-electron chi connectivity index (χ2n) is 4.81. The highest BCUT2D eigenvalue weighted by Gasteiger charge is 2.35. The minimum atomic E-state index is -0.148. The van der Waals surface area contributed by atoms with Gasteiger partial charge < -0.3 is 9.47 Å². The molecule has 18 heavy (non-hydrogen) atoms. The average Bonchev–Trinajstić information content (AvgIpc) is 2.37. The van der Waals surface area contributed by atoms with E-state index < -0.39 is 0 Å². The smallest absolute Gasteiger partial charge is 0.308 e. The van der Waals surface area contributed by atoms with Gasteiger partial charge in [0.1, 0.15) is 6.10 Å². The number of hydrogen-bond acceptors (Lipinski definition) is 3. The molecule has 0 unspecified atom stereocenters. The fourth-order valence-corrected chi connectivity index (χ4v) is 2.52. The first-order valence-corrected chi connectivity index (χ1v) is 6.55. The van der Waals surface area contributed by atoms with Crippen LogP contribution in [0.5, 0.6) is 0 Å². The molecule has 0 amide bonds. The van der Waals surface area contributed by atoms with Gasteiger partial charge in [-0.3, -0.25) is 4.79 Å². The van der Waals surface area contributed by atoms with Gasteiger partial charge in [0.2, 0.25) is 0 Å². The lowest BCUT2D eigenvalue weighted by Crippen LogP contribution is -2.41. The van der Waals surface area contributed by atoms with Gasteiger partial charge in [0, 0.05) is 5.92 Å². The van der Waals surface area contributed by atoms with E-state index in [1.54, 1.807) is 0 Å². The standard InChI is InChI=1S/C15H20O3/c1-3-13-11(2)18-15(16)9-14(13)17-10-12-7-5-4-6-8-12/h4-8,11,13-14H,3,9-10H2,1-2H3/t11-,13-,14+/m1/s1. The SMILES string of the molecule is CC[C@H]1[C@@H](OCc2ccccc2)CC(=O)O[C@@H]1C. The lowest BCUT2D eigenvalue weighted by molar-refractivity contribution is -0.172. The molecular weight excluding hydrogens is 228 g/mol. The van der Waals surface area contributed by atoms with Gasteiger partial charge in [0.05, 0.1) is 19.1 Å². The van der Waals surface area contributed by atoms with Gasteiger partial charge in [-0.1, -0.05) is 37.3 Å². The van der Waals surface area contributed by atoms with Crippen LogP contribution in [0, 0.1) is 5.92 Å². The Balaban J connectivity index is 1.96. The Hall–Kier alpha value is -1.35. The highest BCUT2D eigenvalue weighted by Crippen LogP contribution is 2.28. The maximum atomic E-state index is 11.5. The first-order chi connectivity index (χ1) is 8.70. The molecule has 98 valence electrons. The molecule has 0 radical (unpaired) electrons. The highest BCUT2D eigenvalue weighted by molar-refractivity contribution is 5.71. The first-order valence-electron chi connectivity index (χ1n) is 6.55. The number of cyclic esters (lactones) is 1. The second kappa shape index (κ2) is 6.01. The van der Waals surface area contributed by atoms with Gasteiger partial charge in [-0.2, -0.15) is 0 Å². The van der Waals surface area contributed by atoms with Crippen LogP contribution in [0.1, 0.15) is 32.3 Å². The van der Waals surface area contributed by atoms with Crippen LogP contribution in [0.2, 0.25) is 0 Å². The summed E-state index contributed by atoms with van der Waals surface area (Å²) in [6.45, 7) is 4.62. The van der Waals surface area contributed by atoms with Crippen molar-refractivity contribution in [2.24, 2.45) is 5.92 Å². The Bertz CT molecular complexity index is 388. The fraction of sp³-hybridized carbons (Fsp3) is 0.533. The van der Waals surface area contributed by atoms with Crippen molar-refractivity contribution in [3.63, 3.8) is 0 Å². The molecule has 3 heteroatoms. The lowest BCUT2D eigenvalue weighted by atomic mass is 9.89. The minimum absolute atomic E-state index is 0.0218. The van der Waals surface area contributed by atoms with E-state index in [9.17, 15) is 4.79 Å². The summed E-state index contributed by atoms with van der Waals surface area (Å²) in [7, 11) is 0. The summed E-state index contributed by atoms with van der Waals surface area (Å²) in [6, 6.07) is 10.0. The third-order valence-corrected chi connectivity index (χ3v) is 3.54. The van der Waals surface area contributed by atoms with Crippen molar-refractivity contribution in [1.29, 1.82) is 0 Å². The summed E-state index contributed by atoms with van der Waals surface area (Å²) >= 11 is 0. The predicted molar refractivity (Wildman–Crippen MR) is 69.0 cm³/mol. The van der Waals surface area contributed by atoms with E-state index >= 15 is 0 Å². The summed E-state index contributed by atoms with van der Waals surface area (Å²) in [5.74, 6) is 0.150. The zero-order valence-electron chi connectivity index (χ0n) is 11.0. The van der Waals surface area contributed by atoms with Crippen molar-refractivity contribution in [3.05, 3.63) is 35.9 Å². The second-order valence-corrected chi connectivity index (χ2v) is 4.81. The molecular formula is C15H20O3. The summed E-state index contributed by atoms with van der Waals surface area (Å²) in [4.78, 5) is 11.5. The van der Waals surface area contributed by atoms with Crippen LogP contribution in [-0.4, -0.2) is 18.2 Å². The molecule has 1 aromatic rings. The van der Waals surface area contributed by atoms with Gasteiger partial charge >= 0.3 is 5.97 Å². The Morgan fingerprint density at radius 3 is 2.72 bits per heavy atom. The number of carbonyl (C=O) groups excluding carboxylic acids is 1. The first kappa shape index (κ1) is 13.1. The Morgan fingerprint density at radius 1 is 1.33 bits per heavy atom. The van der Waals surface area contributed by atoms with E-state index in [1.807, 2.05) is 37.3 Å². The average molecular weight is 248 g/mol. The fourth-order valence-electron chi connectivity index (χ4n) is 2.52. The van der Waals surface area contributed by atoms with E-state index in [0.29, 0.717) is 18.9 Å². The van der Waals surface area contributed by atoms with Gasteiger partial charge in [-0.25, -0.2) is 0 Å². The van der Waals surface area contributed by atoms with Crippen LogP contribution in [0.15, 0.2) is 30.3 Å². The summed E-state index contributed by atoms with van der Waals surface area (Å²) in [5.41, 5.74) is 1.14.